The van der Waals surface area contributed by atoms with Gasteiger partial charge in [0.1, 0.15) is 5.15 Å². The lowest BCUT2D eigenvalue weighted by atomic mass is 9.88. The maximum absolute atomic E-state index is 12.5. The van der Waals surface area contributed by atoms with Gasteiger partial charge < -0.3 is 9.80 Å². The van der Waals surface area contributed by atoms with Crippen molar-refractivity contribution in [2.75, 3.05) is 31.1 Å². The van der Waals surface area contributed by atoms with E-state index in [1.54, 1.807) is 6.20 Å². The summed E-state index contributed by atoms with van der Waals surface area (Å²) in [4.78, 5) is 20.9. The number of rotatable bonds is 2. The van der Waals surface area contributed by atoms with Crippen LogP contribution in [0.5, 0.6) is 0 Å². The minimum absolute atomic E-state index is 0.278. The highest BCUT2D eigenvalue weighted by Gasteiger charge is 2.28. The van der Waals surface area contributed by atoms with Crippen LogP contribution < -0.4 is 4.90 Å². The van der Waals surface area contributed by atoms with E-state index in [0.29, 0.717) is 11.1 Å². The number of nitrogens with zero attached hydrogens (tertiary/aromatic N) is 3. The minimum atomic E-state index is 0.278. The summed E-state index contributed by atoms with van der Waals surface area (Å²) in [5.74, 6) is 0.655. The summed E-state index contributed by atoms with van der Waals surface area (Å²) in [6.45, 7) is 3.38. The quantitative estimate of drug-likeness (QED) is 0.788. The fraction of sp³-hybridized carbons (Fsp3) is 0.625. The Morgan fingerprint density at radius 1 is 1.14 bits per heavy atom. The van der Waals surface area contributed by atoms with Crippen molar-refractivity contribution >= 4 is 23.2 Å². The molecule has 21 heavy (non-hydrogen) atoms. The topological polar surface area (TPSA) is 36.4 Å². The van der Waals surface area contributed by atoms with E-state index in [0.717, 1.165) is 44.7 Å². The number of carbonyl (C=O) groups excluding carboxylic acids is 1. The average molecular weight is 308 g/mol. The molecule has 2 aliphatic rings. The summed E-state index contributed by atoms with van der Waals surface area (Å²) in [6.07, 6.45) is 7.62. The van der Waals surface area contributed by atoms with E-state index in [9.17, 15) is 4.79 Å². The third-order valence-electron chi connectivity index (χ3n) is 4.62. The fourth-order valence-electron chi connectivity index (χ4n) is 3.38. The maximum atomic E-state index is 12.5. The van der Waals surface area contributed by atoms with Gasteiger partial charge in [0.25, 0.3) is 0 Å². The Bertz CT molecular complexity index is 494. The van der Waals surface area contributed by atoms with Crippen LogP contribution in [-0.2, 0) is 4.79 Å². The zero-order chi connectivity index (χ0) is 14.7. The molecule has 114 valence electrons. The summed E-state index contributed by atoms with van der Waals surface area (Å²) in [5, 5.41) is 0.521. The number of pyridine rings is 1. The lowest BCUT2D eigenvalue weighted by Crippen LogP contribution is -2.50. The molecular weight excluding hydrogens is 286 g/mol. The van der Waals surface area contributed by atoms with Crippen LogP contribution >= 0.6 is 11.6 Å². The number of carbonyl (C=O) groups is 1. The van der Waals surface area contributed by atoms with Gasteiger partial charge in [0, 0.05) is 44.0 Å². The van der Waals surface area contributed by atoms with Crippen molar-refractivity contribution in [3.63, 3.8) is 0 Å². The summed E-state index contributed by atoms with van der Waals surface area (Å²) in [5.41, 5.74) is 1.10. The number of halogens is 1. The molecule has 0 spiro atoms. The monoisotopic (exact) mass is 307 g/mol. The Hall–Kier alpha value is -1.29. The molecule has 1 aliphatic heterocycles. The highest BCUT2D eigenvalue weighted by Crippen LogP contribution is 2.26. The van der Waals surface area contributed by atoms with Gasteiger partial charge in [0.05, 0.1) is 0 Å². The number of hydrogen-bond donors (Lipinski definition) is 0. The highest BCUT2D eigenvalue weighted by atomic mass is 35.5. The van der Waals surface area contributed by atoms with E-state index in [4.69, 9.17) is 11.6 Å². The normalized spacial score (nSPS) is 20.6. The van der Waals surface area contributed by atoms with Crippen LogP contribution in [0.1, 0.15) is 32.1 Å². The van der Waals surface area contributed by atoms with E-state index in [1.165, 1.54) is 19.3 Å². The van der Waals surface area contributed by atoms with Crippen molar-refractivity contribution in [3.8, 4) is 0 Å². The molecule has 2 fully saturated rings. The van der Waals surface area contributed by atoms with Crippen molar-refractivity contribution in [2.24, 2.45) is 5.92 Å². The lowest BCUT2D eigenvalue weighted by molar-refractivity contribution is -0.136. The van der Waals surface area contributed by atoms with Gasteiger partial charge in [-0.3, -0.25) is 4.79 Å². The van der Waals surface area contributed by atoms with Crippen LogP contribution in [0.2, 0.25) is 5.15 Å². The second-order valence-electron chi connectivity index (χ2n) is 5.98. The van der Waals surface area contributed by atoms with Gasteiger partial charge in [-0.05, 0) is 25.0 Å². The molecule has 1 aliphatic carbocycles. The van der Waals surface area contributed by atoms with E-state index in [2.05, 4.69) is 14.8 Å². The van der Waals surface area contributed by atoms with Crippen LogP contribution in [0.4, 0.5) is 5.69 Å². The second-order valence-corrected chi connectivity index (χ2v) is 6.37. The van der Waals surface area contributed by atoms with Crippen LogP contribution in [0.25, 0.3) is 0 Å². The zero-order valence-electron chi connectivity index (χ0n) is 12.3. The van der Waals surface area contributed by atoms with Crippen molar-refractivity contribution in [3.05, 3.63) is 23.5 Å². The number of aromatic nitrogens is 1. The Balaban J connectivity index is 1.56. The van der Waals surface area contributed by atoms with Crippen LogP contribution in [0.15, 0.2) is 18.3 Å². The summed E-state index contributed by atoms with van der Waals surface area (Å²) in [7, 11) is 0. The van der Waals surface area contributed by atoms with Crippen LogP contribution in [0, 0.1) is 5.92 Å². The first-order valence-corrected chi connectivity index (χ1v) is 8.27. The Morgan fingerprint density at radius 2 is 1.86 bits per heavy atom. The van der Waals surface area contributed by atoms with Crippen LogP contribution in [-0.4, -0.2) is 42.0 Å². The summed E-state index contributed by atoms with van der Waals surface area (Å²) < 4.78 is 0. The van der Waals surface area contributed by atoms with Crippen molar-refractivity contribution in [1.29, 1.82) is 0 Å². The standard InChI is InChI=1S/C16H22ClN3O/c17-15-12-14(6-7-18-15)19-8-10-20(11-9-19)16(21)13-4-2-1-3-5-13/h6-7,12-13H,1-5,8-11H2. The summed E-state index contributed by atoms with van der Waals surface area (Å²) >= 11 is 5.94. The smallest absolute Gasteiger partial charge is 0.225 e. The molecule has 1 amide bonds. The van der Waals surface area contributed by atoms with Crippen molar-refractivity contribution in [2.45, 2.75) is 32.1 Å². The van der Waals surface area contributed by atoms with E-state index in [1.807, 2.05) is 12.1 Å². The molecule has 1 saturated heterocycles. The van der Waals surface area contributed by atoms with Gasteiger partial charge in [-0.15, -0.1) is 0 Å². The number of hydrogen-bond acceptors (Lipinski definition) is 3. The number of amides is 1. The molecule has 0 atom stereocenters. The van der Waals surface area contributed by atoms with Gasteiger partial charge in [-0.1, -0.05) is 30.9 Å². The lowest BCUT2D eigenvalue weighted by Gasteiger charge is -2.38. The predicted octanol–water partition coefficient (Wildman–Crippen LogP) is 2.96. The van der Waals surface area contributed by atoms with Gasteiger partial charge in [0.15, 0.2) is 0 Å². The Labute approximate surface area is 131 Å². The predicted molar refractivity (Wildman–Crippen MR) is 84.6 cm³/mol. The van der Waals surface area contributed by atoms with Gasteiger partial charge >= 0.3 is 0 Å². The largest absolute Gasteiger partial charge is 0.368 e. The summed E-state index contributed by atoms with van der Waals surface area (Å²) in [6, 6.07) is 3.87. The SMILES string of the molecule is O=C(C1CCCCC1)N1CCN(c2ccnc(Cl)c2)CC1. The average Bonchev–Trinajstić information content (AvgIpc) is 2.55. The molecule has 0 radical (unpaired) electrons. The van der Waals surface area contributed by atoms with Gasteiger partial charge in [-0.2, -0.15) is 0 Å². The Kier molecular flexibility index (Phi) is 4.63. The van der Waals surface area contributed by atoms with Gasteiger partial charge in [0.2, 0.25) is 5.91 Å². The maximum Gasteiger partial charge on any atom is 0.225 e. The first kappa shape index (κ1) is 14.6. The fourth-order valence-corrected chi connectivity index (χ4v) is 3.55. The molecule has 3 rings (SSSR count). The first-order chi connectivity index (χ1) is 10.2. The molecule has 1 saturated carbocycles. The molecule has 5 heteroatoms. The van der Waals surface area contributed by atoms with Crippen molar-refractivity contribution in [1.82, 2.24) is 9.88 Å². The van der Waals surface area contributed by atoms with Crippen molar-refractivity contribution < 1.29 is 4.79 Å². The van der Waals surface area contributed by atoms with E-state index < -0.39 is 0 Å². The second kappa shape index (κ2) is 6.65. The molecule has 1 aromatic rings. The molecular formula is C16H22ClN3O. The Morgan fingerprint density at radius 3 is 2.52 bits per heavy atom. The molecule has 0 aromatic carbocycles. The molecule has 4 nitrogen and oxygen atoms in total. The molecule has 2 heterocycles. The molecule has 0 unspecified atom stereocenters. The third kappa shape index (κ3) is 3.49. The number of piperazine rings is 1. The van der Waals surface area contributed by atoms with E-state index >= 15 is 0 Å². The molecule has 0 bridgehead atoms. The first-order valence-electron chi connectivity index (χ1n) is 7.89. The number of anilines is 1. The zero-order valence-corrected chi connectivity index (χ0v) is 13.1. The molecule has 1 aromatic heterocycles. The van der Waals surface area contributed by atoms with Gasteiger partial charge in [-0.25, -0.2) is 4.98 Å². The highest BCUT2D eigenvalue weighted by molar-refractivity contribution is 6.29. The third-order valence-corrected chi connectivity index (χ3v) is 4.83. The van der Waals surface area contributed by atoms with Crippen LogP contribution in [0.3, 0.4) is 0 Å². The van der Waals surface area contributed by atoms with E-state index in [-0.39, 0.29) is 5.92 Å². The molecule has 0 N–H and O–H groups in total. The minimum Gasteiger partial charge on any atom is -0.368 e.